The van der Waals surface area contributed by atoms with Crippen LogP contribution in [0.5, 0.6) is 11.5 Å². The summed E-state index contributed by atoms with van der Waals surface area (Å²) in [7, 11) is 0. The number of amides is 1. The fourth-order valence-corrected chi connectivity index (χ4v) is 2.76. The quantitative estimate of drug-likeness (QED) is 0.841. The Hall–Kier alpha value is -2.53. The fraction of sp³-hybridized carbons (Fsp3) is 0.350. The van der Waals surface area contributed by atoms with E-state index in [-0.39, 0.29) is 24.5 Å². The van der Waals surface area contributed by atoms with E-state index in [0.717, 1.165) is 11.3 Å². The predicted molar refractivity (Wildman–Crippen MR) is 94.5 cm³/mol. The number of benzene rings is 2. The third kappa shape index (κ3) is 4.51. The van der Waals surface area contributed by atoms with Gasteiger partial charge in [-0.3, -0.25) is 4.79 Å². The Morgan fingerprint density at radius 1 is 1.04 bits per heavy atom. The topological polar surface area (TPSA) is 59.0 Å². The second kappa shape index (κ2) is 7.57. The van der Waals surface area contributed by atoms with Gasteiger partial charge in [0.1, 0.15) is 18.1 Å². The van der Waals surface area contributed by atoms with Crippen molar-refractivity contribution in [3.8, 4) is 11.5 Å². The van der Waals surface area contributed by atoms with Crippen molar-refractivity contribution in [3.63, 3.8) is 0 Å². The molecule has 0 saturated carbocycles. The highest BCUT2D eigenvalue weighted by molar-refractivity contribution is 5.78. The van der Waals surface area contributed by atoms with Crippen LogP contribution >= 0.6 is 0 Å². The lowest BCUT2D eigenvalue weighted by atomic mass is 9.83. The number of ether oxygens (including phenoxy) is 2. The number of carbonyl (C=O) groups is 1. The van der Waals surface area contributed by atoms with E-state index >= 15 is 0 Å². The van der Waals surface area contributed by atoms with Crippen LogP contribution in [-0.2, 0) is 11.4 Å². The van der Waals surface area contributed by atoms with Crippen molar-refractivity contribution < 1.29 is 19.4 Å². The van der Waals surface area contributed by atoms with Crippen molar-refractivity contribution in [2.24, 2.45) is 5.41 Å². The monoisotopic (exact) mass is 341 g/mol. The Morgan fingerprint density at radius 2 is 1.64 bits per heavy atom. The summed E-state index contributed by atoms with van der Waals surface area (Å²) in [6, 6.07) is 17.2. The van der Waals surface area contributed by atoms with Gasteiger partial charge in [-0.1, -0.05) is 37.3 Å². The molecule has 1 aliphatic heterocycles. The van der Waals surface area contributed by atoms with Crippen molar-refractivity contribution in [3.05, 3.63) is 60.2 Å². The number of likely N-dealkylation sites (tertiary alicyclic amines) is 1. The summed E-state index contributed by atoms with van der Waals surface area (Å²) >= 11 is 0. The maximum atomic E-state index is 12.0. The van der Waals surface area contributed by atoms with E-state index < -0.39 is 0 Å². The minimum Gasteiger partial charge on any atom is -0.489 e. The summed E-state index contributed by atoms with van der Waals surface area (Å²) in [6.07, 6.45) is 0. The smallest absolute Gasteiger partial charge is 0.260 e. The molecular formula is C20H23NO4. The van der Waals surface area contributed by atoms with Gasteiger partial charge in [0.25, 0.3) is 5.91 Å². The molecule has 1 heterocycles. The molecule has 1 amide bonds. The molecule has 3 rings (SSSR count). The number of nitrogens with zero attached hydrogens (tertiary/aromatic N) is 1. The molecule has 2 aromatic carbocycles. The highest BCUT2D eigenvalue weighted by Gasteiger charge is 2.40. The number of hydrogen-bond donors (Lipinski definition) is 1. The first-order chi connectivity index (χ1) is 12.1. The second-order valence-corrected chi connectivity index (χ2v) is 6.75. The van der Waals surface area contributed by atoms with Crippen molar-refractivity contribution in [2.45, 2.75) is 13.5 Å². The van der Waals surface area contributed by atoms with Crippen LogP contribution < -0.4 is 9.47 Å². The van der Waals surface area contributed by atoms with Gasteiger partial charge in [0.2, 0.25) is 0 Å². The maximum absolute atomic E-state index is 12.0. The van der Waals surface area contributed by atoms with E-state index in [1.54, 1.807) is 17.0 Å². The SMILES string of the molecule is CC1(CO)CN(C(=O)COc2ccc(OCc3ccccc3)cc2)C1. The molecule has 5 heteroatoms. The van der Waals surface area contributed by atoms with E-state index in [2.05, 4.69) is 0 Å². The molecule has 0 spiro atoms. The summed E-state index contributed by atoms with van der Waals surface area (Å²) in [5.41, 5.74) is 0.950. The van der Waals surface area contributed by atoms with Crippen molar-refractivity contribution >= 4 is 5.91 Å². The Balaban J connectivity index is 1.43. The molecule has 0 unspecified atom stereocenters. The molecule has 132 valence electrons. The molecular weight excluding hydrogens is 318 g/mol. The Kier molecular flexibility index (Phi) is 5.24. The highest BCUT2D eigenvalue weighted by Crippen LogP contribution is 2.29. The lowest BCUT2D eigenvalue weighted by Gasteiger charge is -2.46. The molecule has 2 aromatic rings. The summed E-state index contributed by atoms with van der Waals surface area (Å²) < 4.78 is 11.3. The van der Waals surface area contributed by atoms with E-state index in [1.165, 1.54) is 0 Å². The van der Waals surface area contributed by atoms with Crippen molar-refractivity contribution in [1.29, 1.82) is 0 Å². The van der Waals surface area contributed by atoms with Crippen LogP contribution in [0.15, 0.2) is 54.6 Å². The van der Waals surface area contributed by atoms with Crippen molar-refractivity contribution in [2.75, 3.05) is 26.3 Å². The minimum absolute atomic E-state index is 0.00568. The molecule has 1 aliphatic rings. The van der Waals surface area contributed by atoms with Crippen molar-refractivity contribution in [1.82, 2.24) is 4.90 Å². The van der Waals surface area contributed by atoms with Crippen LogP contribution in [0.1, 0.15) is 12.5 Å². The van der Waals surface area contributed by atoms with Gasteiger partial charge in [0.15, 0.2) is 6.61 Å². The van der Waals surface area contributed by atoms with Gasteiger partial charge in [0.05, 0.1) is 6.61 Å². The van der Waals surface area contributed by atoms with Crippen LogP contribution in [0.3, 0.4) is 0 Å². The minimum atomic E-state index is -0.159. The molecule has 25 heavy (non-hydrogen) atoms. The van der Waals surface area contributed by atoms with Crippen LogP contribution in [0.25, 0.3) is 0 Å². The summed E-state index contributed by atoms with van der Waals surface area (Å²) in [4.78, 5) is 13.7. The molecule has 0 aromatic heterocycles. The predicted octanol–water partition coefficient (Wildman–Crippen LogP) is 2.49. The van der Waals surface area contributed by atoms with E-state index in [1.807, 2.05) is 49.4 Å². The van der Waals surface area contributed by atoms with Gasteiger partial charge < -0.3 is 19.5 Å². The summed E-state index contributed by atoms with van der Waals surface area (Å²) in [5, 5.41) is 9.21. The molecule has 0 radical (unpaired) electrons. The summed E-state index contributed by atoms with van der Waals surface area (Å²) in [6.45, 7) is 3.74. The van der Waals surface area contributed by atoms with Crippen LogP contribution in [0.4, 0.5) is 0 Å². The fourth-order valence-electron chi connectivity index (χ4n) is 2.76. The zero-order chi connectivity index (χ0) is 17.7. The normalized spacial score (nSPS) is 15.4. The molecule has 5 nitrogen and oxygen atoms in total. The molecule has 1 fully saturated rings. The number of aliphatic hydroxyl groups is 1. The van der Waals surface area contributed by atoms with Gasteiger partial charge >= 0.3 is 0 Å². The highest BCUT2D eigenvalue weighted by atomic mass is 16.5. The zero-order valence-electron chi connectivity index (χ0n) is 14.4. The van der Waals surface area contributed by atoms with Crippen LogP contribution in [-0.4, -0.2) is 42.2 Å². The van der Waals surface area contributed by atoms with Gasteiger partial charge in [-0.15, -0.1) is 0 Å². The average molecular weight is 341 g/mol. The standard InChI is InChI=1S/C20H23NO4/c1-20(15-22)13-21(14-20)19(23)12-25-18-9-7-17(8-10-18)24-11-16-5-3-2-4-6-16/h2-10,22H,11-15H2,1H3. The molecule has 0 atom stereocenters. The van der Waals surface area contributed by atoms with Gasteiger partial charge in [-0.05, 0) is 29.8 Å². The lowest BCUT2D eigenvalue weighted by Crippen LogP contribution is -2.59. The Labute approximate surface area is 147 Å². The molecule has 0 bridgehead atoms. The van der Waals surface area contributed by atoms with E-state index in [9.17, 15) is 9.90 Å². The van der Waals surface area contributed by atoms with Gasteiger partial charge in [0, 0.05) is 18.5 Å². The zero-order valence-corrected chi connectivity index (χ0v) is 14.4. The van der Waals surface area contributed by atoms with Gasteiger partial charge in [-0.25, -0.2) is 0 Å². The molecule has 0 aliphatic carbocycles. The van der Waals surface area contributed by atoms with Crippen LogP contribution in [0.2, 0.25) is 0 Å². The summed E-state index contributed by atoms with van der Waals surface area (Å²) in [5.74, 6) is 1.32. The first kappa shape index (κ1) is 17.3. The van der Waals surface area contributed by atoms with Crippen LogP contribution in [0, 0.1) is 5.41 Å². The number of aliphatic hydroxyl groups excluding tert-OH is 1. The Morgan fingerprint density at radius 3 is 2.24 bits per heavy atom. The third-order valence-electron chi connectivity index (χ3n) is 4.31. The largest absolute Gasteiger partial charge is 0.489 e. The Bertz CT molecular complexity index is 693. The maximum Gasteiger partial charge on any atom is 0.260 e. The third-order valence-corrected chi connectivity index (χ3v) is 4.31. The van der Waals surface area contributed by atoms with E-state index in [4.69, 9.17) is 9.47 Å². The first-order valence-corrected chi connectivity index (χ1v) is 8.36. The number of rotatable bonds is 7. The first-order valence-electron chi connectivity index (χ1n) is 8.36. The molecule has 1 N–H and O–H groups in total. The van der Waals surface area contributed by atoms with Gasteiger partial charge in [-0.2, -0.15) is 0 Å². The average Bonchev–Trinajstić information content (AvgIpc) is 2.63. The second-order valence-electron chi connectivity index (χ2n) is 6.75. The molecule has 1 saturated heterocycles. The number of carbonyl (C=O) groups excluding carboxylic acids is 1. The number of hydrogen-bond acceptors (Lipinski definition) is 4. The lowest BCUT2D eigenvalue weighted by molar-refractivity contribution is -0.146. The van der Waals surface area contributed by atoms with E-state index in [0.29, 0.717) is 25.4 Å².